The summed E-state index contributed by atoms with van der Waals surface area (Å²) in [6, 6.07) is 0. The molecule has 3 nitrogen and oxygen atoms in total. The lowest BCUT2D eigenvalue weighted by Gasteiger charge is -2.27. The smallest absolute Gasteiger partial charge is 0.203 e. The highest BCUT2D eigenvalue weighted by Crippen LogP contribution is 2.26. The Morgan fingerprint density at radius 2 is 1.69 bits per heavy atom. The maximum atomic E-state index is 4.56. The Bertz CT molecular complexity index is 334. The van der Waals surface area contributed by atoms with Gasteiger partial charge in [0.05, 0.1) is 0 Å². The number of nitrogens with zero attached hydrogens (tertiary/aromatic N) is 2. The third-order valence-corrected chi connectivity index (χ3v) is 3.70. The van der Waals surface area contributed by atoms with E-state index in [1.807, 2.05) is 0 Å². The van der Waals surface area contributed by atoms with Crippen molar-refractivity contribution in [2.24, 2.45) is 0 Å². The second kappa shape index (κ2) is 4.70. The van der Waals surface area contributed by atoms with Crippen LogP contribution in [0.5, 0.6) is 0 Å². The van der Waals surface area contributed by atoms with Crippen molar-refractivity contribution in [1.82, 2.24) is 9.36 Å². The SMILES string of the molecule is CCC(C)(CC)Nc1nc(C(C)(C)C)ns1. The van der Waals surface area contributed by atoms with E-state index in [0.717, 1.165) is 23.8 Å². The summed E-state index contributed by atoms with van der Waals surface area (Å²) in [6.45, 7) is 13.0. The van der Waals surface area contributed by atoms with E-state index in [1.54, 1.807) is 0 Å². The quantitative estimate of drug-likeness (QED) is 0.870. The fourth-order valence-electron chi connectivity index (χ4n) is 1.26. The molecule has 92 valence electrons. The molecule has 0 saturated carbocycles. The summed E-state index contributed by atoms with van der Waals surface area (Å²) in [5, 5.41) is 4.43. The summed E-state index contributed by atoms with van der Waals surface area (Å²) in [4.78, 5) is 4.56. The molecule has 0 aliphatic carbocycles. The molecule has 0 spiro atoms. The van der Waals surface area contributed by atoms with Gasteiger partial charge < -0.3 is 5.32 Å². The van der Waals surface area contributed by atoms with Gasteiger partial charge in [0, 0.05) is 22.5 Å². The Kier molecular flexibility index (Phi) is 3.94. The number of hydrogen-bond donors (Lipinski definition) is 1. The minimum Gasteiger partial charge on any atom is -0.355 e. The zero-order valence-corrected chi connectivity index (χ0v) is 12.0. The predicted octanol–water partition coefficient (Wildman–Crippen LogP) is 3.83. The van der Waals surface area contributed by atoms with Crippen LogP contribution in [0.3, 0.4) is 0 Å². The molecule has 0 unspecified atom stereocenters. The molecule has 1 N–H and O–H groups in total. The molecule has 0 fully saturated rings. The first kappa shape index (κ1) is 13.4. The van der Waals surface area contributed by atoms with Gasteiger partial charge in [-0.3, -0.25) is 0 Å². The van der Waals surface area contributed by atoms with E-state index in [0.29, 0.717) is 0 Å². The Hall–Kier alpha value is -0.640. The molecule has 0 saturated heterocycles. The van der Waals surface area contributed by atoms with E-state index in [9.17, 15) is 0 Å². The van der Waals surface area contributed by atoms with Crippen LogP contribution in [0.1, 0.15) is 60.2 Å². The maximum absolute atomic E-state index is 4.56. The molecule has 0 radical (unpaired) electrons. The lowest BCUT2D eigenvalue weighted by atomic mass is 9.95. The number of anilines is 1. The molecule has 0 bridgehead atoms. The summed E-state index contributed by atoms with van der Waals surface area (Å²) in [5.74, 6) is 0.926. The molecule has 0 amide bonds. The van der Waals surface area contributed by atoms with E-state index < -0.39 is 0 Å². The van der Waals surface area contributed by atoms with Crippen LogP contribution >= 0.6 is 11.5 Å². The maximum Gasteiger partial charge on any atom is 0.203 e. The van der Waals surface area contributed by atoms with Crippen molar-refractivity contribution in [3.05, 3.63) is 5.82 Å². The summed E-state index contributed by atoms with van der Waals surface area (Å²) < 4.78 is 4.41. The van der Waals surface area contributed by atoms with Gasteiger partial charge in [0.1, 0.15) is 5.82 Å². The molecular weight excluding hydrogens is 218 g/mol. The van der Waals surface area contributed by atoms with Crippen LogP contribution in [0.2, 0.25) is 0 Å². The standard InChI is InChI=1S/C12H23N3S/c1-7-12(6,8-2)14-10-13-9(15-16-10)11(3,4)5/h7-8H2,1-6H3,(H,13,14,15). The average Bonchev–Trinajstić information content (AvgIpc) is 2.65. The van der Waals surface area contributed by atoms with E-state index in [2.05, 4.69) is 56.2 Å². The highest BCUT2D eigenvalue weighted by molar-refractivity contribution is 7.09. The molecule has 4 heteroatoms. The molecule has 1 aromatic rings. The third kappa shape index (κ3) is 3.17. The van der Waals surface area contributed by atoms with Gasteiger partial charge in [-0.1, -0.05) is 34.6 Å². The Balaban J connectivity index is 2.80. The van der Waals surface area contributed by atoms with Crippen LogP contribution in [0.4, 0.5) is 5.13 Å². The largest absolute Gasteiger partial charge is 0.355 e. The molecular formula is C12H23N3S. The molecule has 1 heterocycles. The first-order valence-electron chi connectivity index (χ1n) is 5.93. The van der Waals surface area contributed by atoms with Gasteiger partial charge >= 0.3 is 0 Å². The number of rotatable bonds is 4. The molecule has 16 heavy (non-hydrogen) atoms. The molecule has 1 rings (SSSR count). The lowest BCUT2D eigenvalue weighted by molar-refractivity contribution is 0.477. The zero-order chi connectivity index (χ0) is 12.4. The summed E-state index contributed by atoms with van der Waals surface area (Å²) in [7, 11) is 0. The van der Waals surface area contributed by atoms with Gasteiger partial charge in [-0.15, -0.1) is 0 Å². The van der Waals surface area contributed by atoms with Crippen LogP contribution in [-0.2, 0) is 5.41 Å². The van der Waals surface area contributed by atoms with Crippen molar-refractivity contribution in [2.45, 2.75) is 65.3 Å². The highest BCUT2D eigenvalue weighted by atomic mass is 32.1. The van der Waals surface area contributed by atoms with Crippen molar-refractivity contribution in [3.63, 3.8) is 0 Å². The van der Waals surface area contributed by atoms with E-state index in [1.165, 1.54) is 11.5 Å². The van der Waals surface area contributed by atoms with Crippen molar-refractivity contribution >= 4 is 16.7 Å². The second-order valence-electron chi connectivity index (χ2n) is 5.57. The van der Waals surface area contributed by atoms with Crippen molar-refractivity contribution < 1.29 is 0 Å². The minimum absolute atomic E-state index is 0.0330. The third-order valence-electron chi connectivity index (χ3n) is 3.07. The summed E-state index contributed by atoms with van der Waals surface area (Å²) in [5.41, 5.74) is 0.167. The van der Waals surface area contributed by atoms with Gasteiger partial charge in [-0.2, -0.15) is 4.37 Å². The average molecular weight is 241 g/mol. The summed E-state index contributed by atoms with van der Waals surface area (Å²) >= 11 is 1.46. The van der Waals surface area contributed by atoms with Gasteiger partial charge in [-0.05, 0) is 19.8 Å². The first-order chi connectivity index (χ1) is 7.30. The number of aromatic nitrogens is 2. The van der Waals surface area contributed by atoms with Crippen LogP contribution < -0.4 is 5.32 Å². The highest BCUT2D eigenvalue weighted by Gasteiger charge is 2.23. The van der Waals surface area contributed by atoms with E-state index >= 15 is 0 Å². The first-order valence-corrected chi connectivity index (χ1v) is 6.70. The van der Waals surface area contributed by atoms with Gasteiger partial charge in [-0.25, -0.2) is 4.98 Å². The number of nitrogens with one attached hydrogen (secondary N) is 1. The normalized spacial score (nSPS) is 12.9. The molecule has 0 atom stereocenters. The predicted molar refractivity (Wildman–Crippen MR) is 71.2 cm³/mol. The minimum atomic E-state index is 0.0330. The van der Waals surface area contributed by atoms with Gasteiger partial charge in [0.15, 0.2) is 0 Å². The molecule has 0 aromatic carbocycles. The molecule has 0 aliphatic heterocycles. The monoisotopic (exact) mass is 241 g/mol. The van der Waals surface area contributed by atoms with E-state index in [4.69, 9.17) is 0 Å². The fraction of sp³-hybridized carbons (Fsp3) is 0.833. The van der Waals surface area contributed by atoms with Crippen LogP contribution in [0, 0.1) is 0 Å². The van der Waals surface area contributed by atoms with Crippen molar-refractivity contribution in [1.29, 1.82) is 0 Å². The zero-order valence-electron chi connectivity index (χ0n) is 11.2. The fourth-order valence-corrected chi connectivity index (χ4v) is 2.17. The number of hydrogen-bond acceptors (Lipinski definition) is 4. The van der Waals surface area contributed by atoms with Crippen LogP contribution in [0.25, 0.3) is 0 Å². The topological polar surface area (TPSA) is 37.8 Å². The van der Waals surface area contributed by atoms with Crippen LogP contribution in [0.15, 0.2) is 0 Å². The summed E-state index contributed by atoms with van der Waals surface area (Å²) in [6.07, 6.45) is 2.18. The van der Waals surface area contributed by atoms with Crippen molar-refractivity contribution in [3.8, 4) is 0 Å². The van der Waals surface area contributed by atoms with Crippen molar-refractivity contribution in [2.75, 3.05) is 5.32 Å². The Morgan fingerprint density at radius 1 is 1.12 bits per heavy atom. The van der Waals surface area contributed by atoms with Gasteiger partial charge in [0.2, 0.25) is 5.13 Å². The van der Waals surface area contributed by atoms with Gasteiger partial charge in [0.25, 0.3) is 0 Å². The lowest BCUT2D eigenvalue weighted by Crippen LogP contribution is -2.32. The Morgan fingerprint density at radius 3 is 2.06 bits per heavy atom. The second-order valence-corrected chi connectivity index (χ2v) is 6.32. The Labute approximate surface area is 103 Å². The molecule has 0 aliphatic rings. The molecule has 1 aromatic heterocycles. The van der Waals surface area contributed by atoms with E-state index in [-0.39, 0.29) is 11.0 Å². The van der Waals surface area contributed by atoms with Crippen LogP contribution in [-0.4, -0.2) is 14.9 Å².